The lowest BCUT2D eigenvalue weighted by Crippen LogP contribution is -2.27. The maximum atomic E-state index is 13.6. The molecule has 1 aliphatic carbocycles. The van der Waals surface area contributed by atoms with Gasteiger partial charge in [-0.15, -0.1) is 11.3 Å². The SMILES string of the molecule is CCCCCn1c(SC(C)C(=O)Nc2ccc(C(N)=O)cc2)nc2sc3c(c2c1=O)CCCC3. The summed E-state index contributed by atoms with van der Waals surface area (Å²) in [7, 11) is 0. The van der Waals surface area contributed by atoms with Gasteiger partial charge in [-0.2, -0.15) is 0 Å². The summed E-state index contributed by atoms with van der Waals surface area (Å²) in [4.78, 5) is 44.7. The Kier molecular flexibility index (Phi) is 7.73. The molecule has 2 heterocycles. The standard InChI is InChI=1S/C25H30N4O3S2/c1-3-4-7-14-29-24(32)20-18-8-5-6-9-19(18)34-23(20)28-25(29)33-15(2)22(31)27-17-12-10-16(11-13-17)21(26)30/h10-13,15H,3-9,14H2,1-2H3,(H2,26,30)(H,27,31). The molecule has 1 aromatic carbocycles. The van der Waals surface area contributed by atoms with Crippen molar-refractivity contribution in [2.24, 2.45) is 5.73 Å². The number of rotatable bonds is 9. The molecule has 0 aliphatic heterocycles. The van der Waals surface area contributed by atoms with E-state index in [0.29, 0.717) is 23.0 Å². The van der Waals surface area contributed by atoms with E-state index in [9.17, 15) is 14.4 Å². The van der Waals surface area contributed by atoms with Crippen LogP contribution in [0.1, 0.15) is 66.8 Å². The fourth-order valence-electron chi connectivity index (χ4n) is 4.20. The van der Waals surface area contributed by atoms with Gasteiger partial charge in [0.1, 0.15) is 4.83 Å². The van der Waals surface area contributed by atoms with Gasteiger partial charge in [0.2, 0.25) is 11.8 Å². The first-order valence-electron chi connectivity index (χ1n) is 11.8. The molecule has 2 aromatic heterocycles. The molecular formula is C25H30N4O3S2. The monoisotopic (exact) mass is 498 g/mol. The van der Waals surface area contributed by atoms with Gasteiger partial charge in [-0.25, -0.2) is 4.98 Å². The Hall–Kier alpha value is -2.65. The van der Waals surface area contributed by atoms with Gasteiger partial charge in [-0.05, 0) is 68.9 Å². The quantitative estimate of drug-likeness (QED) is 0.252. The Morgan fingerprint density at radius 3 is 2.65 bits per heavy atom. The number of thioether (sulfide) groups is 1. The minimum absolute atomic E-state index is 0.0256. The third kappa shape index (κ3) is 5.20. The van der Waals surface area contributed by atoms with Crippen LogP contribution in [0.3, 0.4) is 0 Å². The number of hydrogen-bond donors (Lipinski definition) is 2. The van der Waals surface area contributed by atoms with Crippen LogP contribution in [0, 0.1) is 0 Å². The van der Waals surface area contributed by atoms with E-state index in [1.54, 1.807) is 40.2 Å². The Bertz CT molecular complexity index is 1260. The van der Waals surface area contributed by atoms with Crippen LogP contribution in [0.2, 0.25) is 0 Å². The number of thiophene rings is 1. The summed E-state index contributed by atoms with van der Waals surface area (Å²) in [5.41, 5.74) is 7.45. The van der Waals surface area contributed by atoms with Gasteiger partial charge in [0.05, 0.1) is 10.6 Å². The van der Waals surface area contributed by atoms with Crippen LogP contribution in [0.4, 0.5) is 5.69 Å². The molecule has 4 rings (SSSR count). The molecule has 9 heteroatoms. The lowest BCUT2D eigenvalue weighted by molar-refractivity contribution is -0.115. The maximum absolute atomic E-state index is 13.6. The zero-order valence-corrected chi connectivity index (χ0v) is 21.2. The Balaban J connectivity index is 1.60. The highest BCUT2D eigenvalue weighted by molar-refractivity contribution is 8.00. The molecule has 34 heavy (non-hydrogen) atoms. The van der Waals surface area contributed by atoms with E-state index in [-0.39, 0.29) is 11.5 Å². The van der Waals surface area contributed by atoms with Crippen molar-refractivity contribution < 1.29 is 9.59 Å². The van der Waals surface area contributed by atoms with Crippen molar-refractivity contribution in [2.75, 3.05) is 5.32 Å². The summed E-state index contributed by atoms with van der Waals surface area (Å²) in [6.45, 7) is 4.55. The predicted octanol–water partition coefficient (Wildman–Crippen LogP) is 4.75. The van der Waals surface area contributed by atoms with Gasteiger partial charge in [-0.3, -0.25) is 19.0 Å². The second kappa shape index (κ2) is 10.7. The number of amides is 2. The fraction of sp³-hybridized carbons (Fsp3) is 0.440. The summed E-state index contributed by atoms with van der Waals surface area (Å²) < 4.78 is 1.77. The Morgan fingerprint density at radius 2 is 1.94 bits per heavy atom. The van der Waals surface area contributed by atoms with E-state index in [1.807, 2.05) is 6.92 Å². The number of nitrogens with two attached hydrogens (primary N) is 1. The second-order valence-electron chi connectivity index (χ2n) is 8.64. The number of nitrogens with one attached hydrogen (secondary N) is 1. The van der Waals surface area contributed by atoms with Gasteiger partial charge in [-0.1, -0.05) is 31.5 Å². The topological polar surface area (TPSA) is 107 Å². The van der Waals surface area contributed by atoms with Gasteiger partial charge < -0.3 is 11.1 Å². The van der Waals surface area contributed by atoms with Crippen LogP contribution in [0.15, 0.2) is 34.2 Å². The van der Waals surface area contributed by atoms with Crippen molar-refractivity contribution in [1.82, 2.24) is 9.55 Å². The number of aryl methyl sites for hydroxylation is 2. The molecule has 2 amide bonds. The van der Waals surface area contributed by atoms with Crippen LogP contribution >= 0.6 is 23.1 Å². The van der Waals surface area contributed by atoms with Crippen LogP contribution in [0.5, 0.6) is 0 Å². The molecule has 3 N–H and O–H groups in total. The summed E-state index contributed by atoms with van der Waals surface area (Å²) in [6, 6.07) is 6.46. The van der Waals surface area contributed by atoms with Gasteiger partial charge >= 0.3 is 0 Å². The van der Waals surface area contributed by atoms with E-state index in [1.165, 1.54) is 22.2 Å². The molecule has 0 fully saturated rings. The molecule has 1 atom stereocenters. The van der Waals surface area contributed by atoms with Gasteiger partial charge in [0, 0.05) is 22.7 Å². The number of aromatic nitrogens is 2. The minimum atomic E-state index is -0.514. The first-order valence-corrected chi connectivity index (χ1v) is 13.5. The van der Waals surface area contributed by atoms with E-state index in [4.69, 9.17) is 10.7 Å². The molecule has 1 aliphatic rings. The second-order valence-corrected chi connectivity index (χ2v) is 11.0. The smallest absolute Gasteiger partial charge is 0.263 e. The average molecular weight is 499 g/mol. The zero-order chi connectivity index (χ0) is 24.2. The van der Waals surface area contributed by atoms with Crippen molar-refractivity contribution in [3.63, 3.8) is 0 Å². The number of fused-ring (bicyclic) bond motifs is 3. The van der Waals surface area contributed by atoms with Crippen molar-refractivity contribution in [1.29, 1.82) is 0 Å². The maximum Gasteiger partial charge on any atom is 0.263 e. The highest BCUT2D eigenvalue weighted by Crippen LogP contribution is 2.35. The molecule has 180 valence electrons. The molecule has 0 saturated heterocycles. The minimum Gasteiger partial charge on any atom is -0.366 e. The van der Waals surface area contributed by atoms with Gasteiger partial charge in [0.15, 0.2) is 5.16 Å². The predicted molar refractivity (Wildman–Crippen MR) is 139 cm³/mol. The van der Waals surface area contributed by atoms with E-state index in [0.717, 1.165) is 55.2 Å². The number of benzene rings is 1. The number of carbonyl (C=O) groups excluding carboxylic acids is 2. The fourth-order valence-corrected chi connectivity index (χ4v) is 6.44. The molecule has 7 nitrogen and oxygen atoms in total. The van der Waals surface area contributed by atoms with Crippen LogP contribution < -0.4 is 16.6 Å². The molecule has 0 radical (unpaired) electrons. The molecule has 0 spiro atoms. The van der Waals surface area contributed by atoms with Crippen LogP contribution in [0.25, 0.3) is 10.2 Å². The zero-order valence-electron chi connectivity index (χ0n) is 19.6. The molecular weight excluding hydrogens is 468 g/mol. The largest absolute Gasteiger partial charge is 0.366 e. The summed E-state index contributed by atoms with van der Waals surface area (Å²) >= 11 is 2.94. The number of anilines is 1. The third-order valence-corrected chi connectivity index (χ3v) is 8.39. The number of nitrogens with zero attached hydrogens (tertiary/aromatic N) is 2. The van der Waals surface area contributed by atoms with Crippen molar-refractivity contribution >= 4 is 50.8 Å². The van der Waals surface area contributed by atoms with E-state index < -0.39 is 11.2 Å². The normalized spacial score (nSPS) is 14.1. The Labute approximate surface area is 207 Å². The lowest BCUT2D eigenvalue weighted by atomic mass is 9.97. The van der Waals surface area contributed by atoms with Crippen molar-refractivity contribution in [3.05, 3.63) is 50.6 Å². The summed E-state index contributed by atoms with van der Waals surface area (Å²) in [6.07, 6.45) is 7.23. The van der Waals surface area contributed by atoms with Crippen molar-refractivity contribution in [3.8, 4) is 0 Å². The number of primary amides is 1. The Morgan fingerprint density at radius 1 is 1.21 bits per heavy atom. The number of carbonyl (C=O) groups is 2. The van der Waals surface area contributed by atoms with Crippen LogP contribution in [-0.2, 0) is 24.2 Å². The summed E-state index contributed by atoms with van der Waals surface area (Å²) in [5.74, 6) is -0.712. The van der Waals surface area contributed by atoms with E-state index >= 15 is 0 Å². The van der Waals surface area contributed by atoms with Gasteiger partial charge in [0.25, 0.3) is 5.56 Å². The van der Waals surface area contributed by atoms with Crippen molar-refractivity contribution in [2.45, 2.75) is 75.7 Å². The number of hydrogen-bond acceptors (Lipinski definition) is 6. The first-order chi connectivity index (χ1) is 16.4. The van der Waals surface area contributed by atoms with E-state index in [2.05, 4.69) is 12.2 Å². The van der Waals surface area contributed by atoms with Crippen LogP contribution in [-0.4, -0.2) is 26.6 Å². The molecule has 3 aromatic rings. The third-order valence-electron chi connectivity index (χ3n) is 6.11. The molecule has 0 bridgehead atoms. The highest BCUT2D eigenvalue weighted by atomic mass is 32.2. The molecule has 1 unspecified atom stereocenters. The number of unbranched alkanes of at least 4 members (excludes halogenated alkanes) is 2. The first kappa shape index (κ1) is 24.5. The summed E-state index contributed by atoms with van der Waals surface area (Å²) in [5, 5.41) is 3.78. The average Bonchev–Trinajstić information content (AvgIpc) is 3.19. The highest BCUT2D eigenvalue weighted by Gasteiger charge is 2.24. The lowest BCUT2D eigenvalue weighted by Gasteiger charge is -2.16. The molecule has 0 saturated carbocycles.